The Bertz CT molecular complexity index is 558. The maximum absolute atomic E-state index is 8.25. The minimum Gasteiger partial charge on any atom is -0.857 e. The van der Waals surface area contributed by atoms with Crippen LogP contribution < -0.4 is 10.2 Å². The molecule has 0 aromatic heterocycles. The predicted octanol–water partition coefficient (Wildman–Crippen LogP) is 4.40. The van der Waals surface area contributed by atoms with E-state index in [0.29, 0.717) is 0 Å². The third-order valence-electron chi connectivity index (χ3n) is 6.91. The Hall–Kier alpha value is -0.237. The van der Waals surface area contributed by atoms with Crippen LogP contribution >= 0.6 is 0 Å². The van der Waals surface area contributed by atoms with Crippen LogP contribution in [0.2, 0.25) is 15.5 Å². The molecule has 0 N–H and O–H groups in total. The largest absolute Gasteiger partial charge is 0.857 e. The second-order valence-corrected chi connectivity index (χ2v) is 19.5. The van der Waals surface area contributed by atoms with Gasteiger partial charge in [-0.1, -0.05) is 0 Å². The summed E-state index contributed by atoms with van der Waals surface area (Å²) in [5, 5.41) is 16.5. The van der Waals surface area contributed by atoms with E-state index in [-0.39, 0.29) is 0 Å². The van der Waals surface area contributed by atoms with E-state index >= 15 is 0 Å². The molecule has 0 bridgehead atoms. The van der Waals surface area contributed by atoms with Crippen molar-refractivity contribution in [2.24, 2.45) is 0 Å². The fourth-order valence-corrected chi connectivity index (χ4v) is 22.0. The summed E-state index contributed by atoms with van der Waals surface area (Å²) >= 11 is -1.96. The minimum absolute atomic E-state index is 0.750. The third-order valence-corrected chi connectivity index (χ3v) is 19.7. The molecule has 1 fully saturated rings. The molecule has 2 nitrogen and oxygen atoms in total. The topological polar surface area (TPSA) is 46.1 Å². The molecule has 2 unspecified atom stereocenters. The van der Waals surface area contributed by atoms with Crippen LogP contribution in [0.25, 0.3) is 0 Å². The third kappa shape index (κ3) is 3.49. The molecule has 1 heterocycles. The standard InChI is InChI=1S/2C9H11.C2H4.2CH3O.Zr/c2*1-2-5-9-7-3-6-8(9)4-1;3*1-2;/h2*3,6-7H,1-2,4-5H2;1-2H2;2*1H3;/q;;;2*-1;+2. The Morgan fingerprint density at radius 2 is 1.08 bits per heavy atom. The van der Waals surface area contributed by atoms with Crippen molar-refractivity contribution in [3.05, 3.63) is 46.6 Å². The van der Waals surface area contributed by atoms with E-state index in [4.69, 9.17) is 10.2 Å². The summed E-state index contributed by atoms with van der Waals surface area (Å²) in [5.41, 5.74) is 7.42. The zero-order valence-corrected chi connectivity index (χ0v) is 18.3. The second kappa shape index (κ2) is 8.63. The molecule has 0 spiro atoms. The molecule has 0 saturated carbocycles. The summed E-state index contributed by atoms with van der Waals surface area (Å²) in [6.07, 6.45) is 21.9. The fraction of sp³-hybridized carbons (Fsp3) is 0.636. The zero-order chi connectivity index (χ0) is 17.9. The molecule has 5 rings (SSSR count). The van der Waals surface area contributed by atoms with E-state index in [0.717, 1.165) is 21.5 Å². The average molecular weight is 420 g/mol. The molecular weight excluding hydrogens is 387 g/mol. The van der Waals surface area contributed by atoms with Gasteiger partial charge in [0.05, 0.1) is 0 Å². The van der Waals surface area contributed by atoms with E-state index in [1.165, 1.54) is 51.4 Å². The number of hydrogen-bond donors (Lipinski definition) is 0. The summed E-state index contributed by atoms with van der Waals surface area (Å²) < 4.78 is 5.34. The fourth-order valence-electron chi connectivity index (χ4n) is 5.69. The Morgan fingerprint density at radius 3 is 1.48 bits per heavy atom. The smallest absolute Gasteiger partial charge is 0.153 e. The van der Waals surface area contributed by atoms with Gasteiger partial charge in [-0.2, -0.15) is 14.2 Å². The molecule has 25 heavy (non-hydrogen) atoms. The molecule has 0 aromatic rings. The van der Waals surface area contributed by atoms with E-state index in [1.807, 2.05) is 11.1 Å². The Labute approximate surface area is 157 Å². The second-order valence-electron chi connectivity index (χ2n) is 7.92. The molecule has 5 aliphatic rings. The molecule has 1 aliphatic heterocycles. The van der Waals surface area contributed by atoms with Gasteiger partial charge in [-0.3, -0.25) is 0 Å². The van der Waals surface area contributed by atoms with Crippen LogP contribution in [0, 0.1) is 0 Å². The molecule has 0 aromatic carbocycles. The molecule has 4 aliphatic carbocycles. The van der Waals surface area contributed by atoms with Crippen molar-refractivity contribution in [1.82, 2.24) is 0 Å². The van der Waals surface area contributed by atoms with Crippen LogP contribution in [0.4, 0.5) is 0 Å². The van der Waals surface area contributed by atoms with Crippen molar-refractivity contribution >= 4 is 0 Å². The summed E-state index contributed by atoms with van der Waals surface area (Å²) in [6.45, 7) is 0. The number of rotatable bonds is 2. The monoisotopic (exact) mass is 418 g/mol. The van der Waals surface area contributed by atoms with Crippen LogP contribution in [-0.4, -0.2) is 14.2 Å². The van der Waals surface area contributed by atoms with Crippen molar-refractivity contribution < 1.29 is 30.5 Å². The molecule has 2 atom stereocenters. The first-order valence-corrected chi connectivity index (χ1v) is 16.3. The van der Waals surface area contributed by atoms with Gasteiger partial charge in [0, 0.05) is 0 Å². The van der Waals surface area contributed by atoms with Gasteiger partial charge in [-0.15, -0.1) is 0 Å². The maximum Gasteiger partial charge on any atom is -0.153 e. The van der Waals surface area contributed by atoms with Crippen molar-refractivity contribution in [3.63, 3.8) is 0 Å². The predicted molar refractivity (Wildman–Crippen MR) is 98.2 cm³/mol. The van der Waals surface area contributed by atoms with Gasteiger partial charge in [0.1, 0.15) is 0 Å². The van der Waals surface area contributed by atoms with Crippen LogP contribution in [-0.2, 0) is 20.3 Å². The SMILES string of the molecule is C1=C[CH]([Zr+2]2([CH]3C=CC4=C3CCCC4)[CH2][CH2]2)C2=C1CCCC2.C[O-].C[O-]. The maximum atomic E-state index is 8.25. The van der Waals surface area contributed by atoms with Crippen LogP contribution in [0.3, 0.4) is 0 Å². The molecule has 3 heteroatoms. The van der Waals surface area contributed by atoms with E-state index in [1.54, 1.807) is 19.4 Å². The summed E-state index contributed by atoms with van der Waals surface area (Å²) in [6, 6.07) is 0. The van der Waals surface area contributed by atoms with Gasteiger partial charge in [-0.25, -0.2) is 0 Å². The van der Waals surface area contributed by atoms with Crippen LogP contribution in [0.15, 0.2) is 46.6 Å². The van der Waals surface area contributed by atoms with Crippen LogP contribution in [0.1, 0.15) is 51.4 Å². The minimum atomic E-state index is -1.96. The zero-order valence-electron chi connectivity index (χ0n) is 15.9. The Kier molecular flexibility index (Phi) is 6.74. The Morgan fingerprint density at radius 1 is 0.680 bits per heavy atom. The first-order valence-electron chi connectivity index (χ1n) is 10.0. The molecule has 0 radical (unpaired) electrons. The van der Waals surface area contributed by atoms with Gasteiger partial charge >= 0.3 is 134 Å². The summed E-state index contributed by atoms with van der Waals surface area (Å²) in [4.78, 5) is 0. The van der Waals surface area contributed by atoms with Crippen molar-refractivity contribution in [1.29, 1.82) is 0 Å². The van der Waals surface area contributed by atoms with Crippen LogP contribution in [0.5, 0.6) is 0 Å². The first kappa shape index (κ1) is 19.5. The van der Waals surface area contributed by atoms with Gasteiger partial charge in [0.15, 0.2) is 0 Å². The van der Waals surface area contributed by atoms with Crippen molar-refractivity contribution in [3.8, 4) is 0 Å². The van der Waals surface area contributed by atoms with Gasteiger partial charge in [-0.05, 0) is 0 Å². The van der Waals surface area contributed by atoms with Crippen molar-refractivity contribution in [2.75, 3.05) is 14.2 Å². The van der Waals surface area contributed by atoms with Crippen molar-refractivity contribution in [2.45, 2.75) is 66.9 Å². The summed E-state index contributed by atoms with van der Waals surface area (Å²) in [5.74, 6) is 0. The average Bonchev–Trinajstić information content (AvgIpc) is 3.19. The molecule has 1 saturated heterocycles. The number of hydrogen-bond acceptors (Lipinski definition) is 2. The van der Waals surface area contributed by atoms with E-state index in [2.05, 4.69) is 24.3 Å². The van der Waals surface area contributed by atoms with E-state index in [9.17, 15) is 0 Å². The van der Waals surface area contributed by atoms with Gasteiger partial charge in [0.2, 0.25) is 0 Å². The molecule has 136 valence electrons. The quantitative estimate of drug-likeness (QED) is 0.666. The normalized spacial score (nSPS) is 29.6. The van der Waals surface area contributed by atoms with Gasteiger partial charge < -0.3 is 10.2 Å². The summed E-state index contributed by atoms with van der Waals surface area (Å²) in [7, 11) is 1.50. The number of allylic oxidation sites excluding steroid dienone is 8. The molecule has 0 amide bonds. The van der Waals surface area contributed by atoms with Gasteiger partial charge in [0.25, 0.3) is 0 Å². The molecular formula is C22H32O2Zr. The first-order chi connectivity index (χ1) is 12.4. The Balaban J connectivity index is 0.000000428. The van der Waals surface area contributed by atoms with E-state index < -0.39 is 20.3 Å².